The molecule has 1 aliphatic carbocycles. The molecule has 0 spiro atoms. The molecule has 0 aliphatic heterocycles. The highest BCUT2D eigenvalue weighted by Crippen LogP contribution is 2.30. The fourth-order valence-electron chi connectivity index (χ4n) is 2.25. The molecule has 0 radical (unpaired) electrons. The number of nitrogens with zero attached hydrogens (tertiary/aromatic N) is 1. The van der Waals surface area contributed by atoms with E-state index in [0.29, 0.717) is 18.9 Å². The van der Waals surface area contributed by atoms with Crippen LogP contribution in [0.5, 0.6) is 0 Å². The Morgan fingerprint density at radius 1 is 1.33 bits per heavy atom. The van der Waals surface area contributed by atoms with Gasteiger partial charge in [0.1, 0.15) is 5.82 Å². The summed E-state index contributed by atoms with van der Waals surface area (Å²) in [7, 11) is 1.89. The summed E-state index contributed by atoms with van der Waals surface area (Å²) in [6, 6.07) is 6.43. The van der Waals surface area contributed by atoms with Gasteiger partial charge in [0.05, 0.1) is 0 Å². The maximum absolute atomic E-state index is 12.9. The van der Waals surface area contributed by atoms with E-state index in [0.717, 1.165) is 25.1 Å². The number of hydrogen-bond acceptors (Lipinski definition) is 2. The molecule has 1 aromatic rings. The first-order valence-corrected chi connectivity index (χ1v) is 7.36. The van der Waals surface area contributed by atoms with Crippen molar-refractivity contribution >= 4 is 18.3 Å². The van der Waals surface area contributed by atoms with Gasteiger partial charge >= 0.3 is 0 Å². The Hall–Kier alpha value is -1.13. The topological polar surface area (TPSA) is 32.3 Å². The largest absolute Gasteiger partial charge is 0.338 e. The predicted molar refractivity (Wildman–Crippen MR) is 84.9 cm³/mol. The molecule has 0 atom stereocenters. The lowest BCUT2D eigenvalue weighted by Gasteiger charge is -2.23. The summed E-state index contributed by atoms with van der Waals surface area (Å²) in [4.78, 5) is 14.2. The summed E-state index contributed by atoms with van der Waals surface area (Å²) in [6.07, 6.45) is 3.89. The third-order valence-electron chi connectivity index (χ3n) is 3.63. The minimum Gasteiger partial charge on any atom is -0.338 e. The predicted octanol–water partition coefficient (Wildman–Crippen LogP) is 2.99. The average Bonchev–Trinajstić information content (AvgIpc) is 3.24. The van der Waals surface area contributed by atoms with Crippen LogP contribution in [0.1, 0.15) is 31.2 Å². The minimum absolute atomic E-state index is 0. The first-order valence-electron chi connectivity index (χ1n) is 7.36. The van der Waals surface area contributed by atoms with Crippen molar-refractivity contribution in [2.24, 2.45) is 5.92 Å². The number of hydrogen-bond donors (Lipinski definition) is 1. The Morgan fingerprint density at radius 3 is 2.57 bits per heavy atom. The van der Waals surface area contributed by atoms with E-state index in [1.807, 2.05) is 11.9 Å². The normalized spacial score (nSPS) is 13.6. The Balaban J connectivity index is 0.00000220. The molecule has 0 unspecified atom stereocenters. The fourth-order valence-corrected chi connectivity index (χ4v) is 2.25. The Bertz CT molecular complexity index is 434. The van der Waals surface area contributed by atoms with Crippen LogP contribution >= 0.6 is 12.4 Å². The van der Waals surface area contributed by atoms with Crippen molar-refractivity contribution < 1.29 is 9.18 Å². The van der Waals surface area contributed by atoms with Crippen molar-refractivity contribution in [2.75, 3.05) is 20.1 Å². The van der Waals surface area contributed by atoms with Crippen LogP contribution in [0.3, 0.4) is 0 Å². The summed E-state index contributed by atoms with van der Waals surface area (Å²) in [5, 5.41) is 3.06. The molecule has 3 nitrogen and oxygen atoms in total. The van der Waals surface area contributed by atoms with Gasteiger partial charge in [0.25, 0.3) is 0 Å². The van der Waals surface area contributed by atoms with Crippen LogP contribution in [0, 0.1) is 11.7 Å². The van der Waals surface area contributed by atoms with Crippen molar-refractivity contribution in [3.05, 3.63) is 35.6 Å². The van der Waals surface area contributed by atoms with Gasteiger partial charge < -0.3 is 10.2 Å². The highest BCUT2D eigenvalue weighted by atomic mass is 35.5. The van der Waals surface area contributed by atoms with Gasteiger partial charge in [-0.3, -0.25) is 4.79 Å². The SMILES string of the molecule is CNCCCC(=O)N(Cc1ccc(F)cc1)CC1CC1.Cl. The van der Waals surface area contributed by atoms with E-state index >= 15 is 0 Å². The van der Waals surface area contributed by atoms with Crippen LogP contribution in [0.4, 0.5) is 4.39 Å². The second-order valence-electron chi connectivity index (χ2n) is 5.55. The van der Waals surface area contributed by atoms with Gasteiger partial charge in [-0.25, -0.2) is 4.39 Å². The first-order chi connectivity index (χ1) is 9.69. The minimum atomic E-state index is -0.233. The van der Waals surface area contributed by atoms with Crippen molar-refractivity contribution in [1.29, 1.82) is 0 Å². The number of carbonyl (C=O) groups is 1. The molecule has 118 valence electrons. The first kappa shape index (κ1) is 17.9. The standard InChI is InChI=1S/C16H23FN2O.ClH/c1-18-10-2-3-16(20)19(11-13-4-5-13)12-14-6-8-15(17)9-7-14;/h6-9,13,18H,2-5,10-12H2,1H3;1H. The third-order valence-corrected chi connectivity index (χ3v) is 3.63. The number of rotatable bonds is 8. The molecule has 1 aliphatic rings. The van der Waals surface area contributed by atoms with Gasteiger partial charge in [0, 0.05) is 19.5 Å². The van der Waals surface area contributed by atoms with Gasteiger partial charge in [-0.1, -0.05) is 12.1 Å². The molecule has 5 heteroatoms. The number of benzene rings is 1. The summed E-state index contributed by atoms with van der Waals surface area (Å²) in [5.41, 5.74) is 0.994. The molecule has 1 saturated carbocycles. The van der Waals surface area contributed by atoms with Crippen LogP contribution in [-0.2, 0) is 11.3 Å². The van der Waals surface area contributed by atoms with Crippen LogP contribution in [-0.4, -0.2) is 30.9 Å². The lowest BCUT2D eigenvalue weighted by Crippen LogP contribution is -2.32. The number of amides is 1. The van der Waals surface area contributed by atoms with Crippen LogP contribution < -0.4 is 5.32 Å². The molecule has 1 amide bonds. The lowest BCUT2D eigenvalue weighted by molar-refractivity contribution is -0.132. The molecule has 2 rings (SSSR count). The zero-order chi connectivity index (χ0) is 14.4. The smallest absolute Gasteiger partial charge is 0.222 e. The van der Waals surface area contributed by atoms with Gasteiger partial charge in [0.2, 0.25) is 5.91 Å². The number of nitrogens with one attached hydrogen (secondary N) is 1. The highest BCUT2D eigenvalue weighted by molar-refractivity contribution is 5.85. The second kappa shape index (κ2) is 9.00. The molecule has 0 aromatic heterocycles. The van der Waals surface area contributed by atoms with E-state index in [1.165, 1.54) is 25.0 Å². The molecular formula is C16H24ClFN2O. The number of carbonyl (C=O) groups excluding carboxylic acids is 1. The second-order valence-corrected chi connectivity index (χ2v) is 5.55. The van der Waals surface area contributed by atoms with Crippen molar-refractivity contribution in [2.45, 2.75) is 32.2 Å². The summed E-state index contributed by atoms with van der Waals surface area (Å²) < 4.78 is 12.9. The van der Waals surface area contributed by atoms with Crippen LogP contribution in [0.25, 0.3) is 0 Å². The monoisotopic (exact) mass is 314 g/mol. The molecule has 0 bridgehead atoms. The van der Waals surface area contributed by atoms with Gasteiger partial charge in [-0.15, -0.1) is 12.4 Å². The molecule has 0 saturated heterocycles. The number of halogens is 2. The van der Waals surface area contributed by atoms with E-state index in [4.69, 9.17) is 0 Å². The van der Waals surface area contributed by atoms with E-state index in [-0.39, 0.29) is 24.1 Å². The maximum Gasteiger partial charge on any atom is 0.222 e. The molecular weight excluding hydrogens is 291 g/mol. The average molecular weight is 315 g/mol. The van der Waals surface area contributed by atoms with Crippen molar-refractivity contribution in [3.8, 4) is 0 Å². The summed E-state index contributed by atoms with van der Waals surface area (Å²) in [6.45, 7) is 2.30. The molecule has 1 fully saturated rings. The zero-order valence-electron chi connectivity index (χ0n) is 12.5. The Labute approximate surface area is 132 Å². The Kier molecular flexibility index (Phi) is 7.68. The van der Waals surface area contributed by atoms with Crippen molar-refractivity contribution in [3.63, 3.8) is 0 Å². The molecule has 1 aromatic carbocycles. The fraction of sp³-hybridized carbons (Fsp3) is 0.562. The molecule has 1 N–H and O–H groups in total. The maximum atomic E-state index is 12.9. The van der Waals surface area contributed by atoms with Gasteiger partial charge in [-0.2, -0.15) is 0 Å². The lowest BCUT2D eigenvalue weighted by atomic mass is 10.2. The quantitative estimate of drug-likeness (QED) is 0.748. The van der Waals surface area contributed by atoms with Gasteiger partial charge in [-0.05, 0) is 56.5 Å². The molecule has 0 heterocycles. The summed E-state index contributed by atoms with van der Waals surface area (Å²) >= 11 is 0. The van der Waals surface area contributed by atoms with Crippen LogP contribution in [0.15, 0.2) is 24.3 Å². The van der Waals surface area contributed by atoms with E-state index in [1.54, 1.807) is 12.1 Å². The third kappa shape index (κ3) is 6.44. The highest BCUT2D eigenvalue weighted by Gasteiger charge is 2.26. The van der Waals surface area contributed by atoms with E-state index in [9.17, 15) is 9.18 Å². The summed E-state index contributed by atoms with van der Waals surface area (Å²) in [5.74, 6) is 0.642. The Morgan fingerprint density at radius 2 is 2.00 bits per heavy atom. The van der Waals surface area contributed by atoms with E-state index < -0.39 is 0 Å². The van der Waals surface area contributed by atoms with Crippen molar-refractivity contribution in [1.82, 2.24) is 10.2 Å². The van der Waals surface area contributed by atoms with E-state index in [2.05, 4.69) is 5.32 Å². The van der Waals surface area contributed by atoms with Gasteiger partial charge in [0.15, 0.2) is 0 Å². The zero-order valence-corrected chi connectivity index (χ0v) is 13.3. The molecule has 21 heavy (non-hydrogen) atoms. The van der Waals surface area contributed by atoms with Crippen LogP contribution in [0.2, 0.25) is 0 Å².